The van der Waals surface area contributed by atoms with Crippen LogP contribution in [0.25, 0.3) is 0 Å². The minimum absolute atomic E-state index is 0.000556. The fourth-order valence-corrected chi connectivity index (χ4v) is 10.7. The van der Waals surface area contributed by atoms with E-state index in [9.17, 15) is 19.4 Å². The lowest BCUT2D eigenvalue weighted by atomic mass is 10.0. The maximum atomic E-state index is 13.0. The van der Waals surface area contributed by atoms with Gasteiger partial charge in [0.2, 0.25) is 5.91 Å². The first-order valence-corrected chi connectivity index (χ1v) is 34.3. The number of likely N-dealkylation sites (N-methyl/N-ethyl adjacent to an activating group) is 1. The maximum absolute atomic E-state index is 13.0. The molecular weight excluding hydrogens is 948 g/mol. The second kappa shape index (κ2) is 57.4. The van der Waals surface area contributed by atoms with Gasteiger partial charge in [-0.15, -0.1) is 0 Å². The first-order valence-electron chi connectivity index (χ1n) is 32.9. The fourth-order valence-electron chi connectivity index (χ4n) is 9.95. The number of carbonyl (C=O) groups is 1. The zero-order valence-electron chi connectivity index (χ0n) is 50.8. The van der Waals surface area contributed by atoms with Crippen LogP contribution in [0.1, 0.15) is 328 Å². The van der Waals surface area contributed by atoms with E-state index in [4.69, 9.17) is 9.05 Å². The van der Waals surface area contributed by atoms with Crippen molar-refractivity contribution in [3.8, 4) is 0 Å². The summed E-state index contributed by atoms with van der Waals surface area (Å²) in [7, 11) is 1.27. The molecule has 8 nitrogen and oxygen atoms in total. The predicted octanol–water partition coefficient (Wildman–Crippen LogP) is 19.9. The molecule has 3 atom stereocenters. The van der Waals surface area contributed by atoms with Gasteiger partial charge in [-0.3, -0.25) is 9.36 Å². The third kappa shape index (κ3) is 60.2. The van der Waals surface area contributed by atoms with Gasteiger partial charge in [-0.25, -0.2) is 0 Å². The Labute approximate surface area is 467 Å². The molecule has 0 saturated carbocycles. The van der Waals surface area contributed by atoms with Gasteiger partial charge in [-0.1, -0.05) is 307 Å². The van der Waals surface area contributed by atoms with Crippen molar-refractivity contribution in [2.75, 3.05) is 40.9 Å². The quantitative estimate of drug-likeness (QED) is 0.0272. The van der Waals surface area contributed by atoms with Crippen molar-refractivity contribution in [2.24, 2.45) is 0 Å². The first-order chi connectivity index (χ1) is 36.5. The highest BCUT2D eigenvalue weighted by Crippen LogP contribution is 2.38. The van der Waals surface area contributed by atoms with Crippen LogP contribution >= 0.6 is 7.82 Å². The summed E-state index contributed by atoms with van der Waals surface area (Å²) in [6.45, 7) is 4.69. The van der Waals surface area contributed by atoms with E-state index in [0.717, 1.165) is 44.9 Å². The van der Waals surface area contributed by atoms with Gasteiger partial charge >= 0.3 is 0 Å². The van der Waals surface area contributed by atoms with Crippen molar-refractivity contribution < 1.29 is 32.9 Å². The lowest BCUT2D eigenvalue weighted by Gasteiger charge is -2.29. The number of unbranched alkanes of at least 4 members (excludes halogenated alkanes) is 44. The van der Waals surface area contributed by atoms with Crippen molar-refractivity contribution in [1.82, 2.24) is 5.32 Å². The Bertz CT molecular complexity index is 1320. The van der Waals surface area contributed by atoms with Crippen LogP contribution in [0, 0.1) is 0 Å². The second-order valence-corrected chi connectivity index (χ2v) is 25.2. The third-order valence-corrected chi connectivity index (χ3v) is 16.1. The van der Waals surface area contributed by atoms with Gasteiger partial charge in [0, 0.05) is 6.42 Å². The summed E-state index contributed by atoms with van der Waals surface area (Å²) < 4.78 is 23.4. The molecule has 0 rings (SSSR count). The summed E-state index contributed by atoms with van der Waals surface area (Å²) in [4.78, 5) is 25.6. The Morgan fingerprint density at radius 3 is 1.11 bits per heavy atom. The highest BCUT2D eigenvalue weighted by Gasteiger charge is 2.23. The number of aliphatic hydroxyl groups excluding tert-OH is 1. The van der Waals surface area contributed by atoms with Crippen LogP contribution in [0.2, 0.25) is 0 Å². The number of rotatable bonds is 61. The highest BCUT2D eigenvalue weighted by atomic mass is 31.2. The molecule has 9 heteroatoms. The second-order valence-electron chi connectivity index (χ2n) is 23.8. The van der Waals surface area contributed by atoms with E-state index in [1.165, 1.54) is 263 Å². The smallest absolute Gasteiger partial charge is 0.268 e. The van der Waals surface area contributed by atoms with E-state index in [1.54, 1.807) is 6.08 Å². The minimum atomic E-state index is -4.60. The molecule has 0 spiro atoms. The van der Waals surface area contributed by atoms with Crippen LogP contribution in [0.15, 0.2) is 36.5 Å². The van der Waals surface area contributed by atoms with E-state index in [0.29, 0.717) is 17.4 Å². The standard InChI is InChI=1S/C66H129N2O6P/c1-6-8-10-12-14-16-18-20-22-24-26-27-28-29-30-31-32-33-34-35-36-37-38-39-40-41-42-44-46-48-50-52-54-56-58-60-66(70)67-64(63-74-75(71,72)73-62-61-68(3,4)5)65(69)59-57-55-53-51-49-47-45-43-25-23-21-19-17-15-13-11-9-7-2/h28-29,31-32,57,59,64-65,69H,6-27,30,33-56,58,60-63H2,1-5H3,(H-,67,70,71,72)/b29-28-,32-31-,59-57+. The lowest BCUT2D eigenvalue weighted by Crippen LogP contribution is -2.45. The van der Waals surface area contributed by atoms with Crippen LogP contribution in [0.5, 0.6) is 0 Å². The van der Waals surface area contributed by atoms with Gasteiger partial charge in [0.05, 0.1) is 39.9 Å². The molecule has 0 aromatic carbocycles. The molecule has 0 heterocycles. The number of aliphatic hydroxyl groups is 1. The fraction of sp³-hybridized carbons (Fsp3) is 0.894. The molecule has 0 fully saturated rings. The summed E-state index contributed by atoms with van der Waals surface area (Å²) in [5.74, 6) is -0.192. The zero-order chi connectivity index (χ0) is 54.9. The van der Waals surface area contributed by atoms with Crippen molar-refractivity contribution in [2.45, 2.75) is 341 Å². The van der Waals surface area contributed by atoms with Crippen LogP contribution in [0.3, 0.4) is 0 Å². The molecule has 444 valence electrons. The first kappa shape index (κ1) is 73.7. The number of nitrogens with one attached hydrogen (secondary N) is 1. The van der Waals surface area contributed by atoms with E-state index < -0.39 is 20.0 Å². The molecule has 0 aliphatic heterocycles. The van der Waals surface area contributed by atoms with Gasteiger partial charge in [-0.2, -0.15) is 0 Å². The largest absolute Gasteiger partial charge is 0.756 e. The van der Waals surface area contributed by atoms with Crippen molar-refractivity contribution in [1.29, 1.82) is 0 Å². The number of quaternary nitrogens is 1. The molecule has 0 bridgehead atoms. The van der Waals surface area contributed by atoms with Crippen LogP contribution in [-0.2, 0) is 18.4 Å². The summed E-state index contributed by atoms with van der Waals surface area (Å²) in [6.07, 6.45) is 75.4. The van der Waals surface area contributed by atoms with Crippen LogP contribution in [-0.4, -0.2) is 68.5 Å². The third-order valence-electron chi connectivity index (χ3n) is 15.1. The summed E-state index contributed by atoms with van der Waals surface area (Å²) in [5, 5.41) is 13.9. The van der Waals surface area contributed by atoms with Crippen LogP contribution in [0.4, 0.5) is 0 Å². The minimum Gasteiger partial charge on any atom is -0.756 e. The van der Waals surface area contributed by atoms with Gasteiger partial charge in [0.25, 0.3) is 7.82 Å². The molecule has 2 N–H and O–H groups in total. The molecular formula is C66H129N2O6P. The summed E-state index contributed by atoms with van der Waals surface area (Å²) >= 11 is 0. The number of phosphoric acid groups is 1. The van der Waals surface area contributed by atoms with Crippen molar-refractivity contribution in [3.63, 3.8) is 0 Å². The van der Waals surface area contributed by atoms with Crippen molar-refractivity contribution in [3.05, 3.63) is 36.5 Å². The normalized spacial score (nSPS) is 14.0. The molecule has 0 aliphatic rings. The molecule has 0 aliphatic carbocycles. The number of hydrogen-bond acceptors (Lipinski definition) is 6. The van der Waals surface area contributed by atoms with Gasteiger partial charge in [0.1, 0.15) is 13.2 Å². The zero-order valence-corrected chi connectivity index (χ0v) is 51.7. The van der Waals surface area contributed by atoms with Gasteiger partial charge < -0.3 is 28.8 Å². The Kier molecular flexibility index (Phi) is 56.4. The maximum Gasteiger partial charge on any atom is 0.268 e. The predicted molar refractivity (Wildman–Crippen MR) is 325 cm³/mol. The Morgan fingerprint density at radius 2 is 0.773 bits per heavy atom. The lowest BCUT2D eigenvalue weighted by molar-refractivity contribution is -0.870. The monoisotopic (exact) mass is 1080 g/mol. The number of hydrogen-bond donors (Lipinski definition) is 2. The van der Waals surface area contributed by atoms with Crippen LogP contribution < -0.4 is 10.2 Å². The molecule has 0 saturated heterocycles. The molecule has 3 unspecified atom stereocenters. The molecule has 0 aromatic heterocycles. The van der Waals surface area contributed by atoms with E-state index in [-0.39, 0.29) is 19.1 Å². The molecule has 75 heavy (non-hydrogen) atoms. The average molecular weight is 1080 g/mol. The van der Waals surface area contributed by atoms with E-state index in [2.05, 4.69) is 43.5 Å². The topological polar surface area (TPSA) is 108 Å². The van der Waals surface area contributed by atoms with E-state index in [1.807, 2.05) is 27.2 Å². The number of amides is 1. The Hall–Kier alpha value is -1.28. The van der Waals surface area contributed by atoms with Gasteiger partial charge in [0.15, 0.2) is 0 Å². The number of allylic oxidation sites excluding steroid dienone is 5. The summed E-state index contributed by atoms with van der Waals surface area (Å²) in [6, 6.07) is -0.886. The van der Waals surface area contributed by atoms with E-state index >= 15 is 0 Å². The Balaban J connectivity index is 4.01. The number of carbonyl (C=O) groups excluding carboxylic acids is 1. The molecule has 0 radical (unpaired) electrons. The molecule has 1 amide bonds. The number of phosphoric ester groups is 1. The summed E-state index contributed by atoms with van der Waals surface area (Å²) in [5.41, 5.74) is 0. The molecule has 0 aromatic rings. The van der Waals surface area contributed by atoms with Gasteiger partial charge in [-0.05, 0) is 51.4 Å². The number of nitrogens with zero attached hydrogens (tertiary/aromatic N) is 1. The Morgan fingerprint density at radius 1 is 0.467 bits per heavy atom. The highest BCUT2D eigenvalue weighted by molar-refractivity contribution is 7.45. The van der Waals surface area contributed by atoms with Crippen molar-refractivity contribution >= 4 is 13.7 Å². The average Bonchev–Trinajstić information content (AvgIpc) is 3.37. The SMILES string of the molecule is CCCCCCCCCCCCC/C=C\C/C=C\CCCCCCCCCCCCCCCCCCCC(=O)NC(COP(=O)([O-])OCC[N+](C)(C)C)C(O)/C=C/CCCCCCCCCCCCCCCCCC.